The van der Waals surface area contributed by atoms with Crippen LogP contribution in [0.15, 0.2) is 0 Å². The third kappa shape index (κ3) is 22.5. The van der Waals surface area contributed by atoms with Crippen molar-refractivity contribution in [2.75, 3.05) is 54.2 Å². The molecular weight excluding hydrogens is 581 g/mol. The summed E-state index contributed by atoms with van der Waals surface area (Å²) in [4.78, 5) is 12.4. The molecule has 0 spiro atoms. The number of unbranched alkanes of at least 4 members (excludes halogenated alkanes) is 13. The number of aliphatic hydroxyl groups excluding tert-OH is 1. The summed E-state index contributed by atoms with van der Waals surface area (Å²) >= 11 is 0. The molecular formula is C30H62INO5. The van der Waals surface area contributed by atoms with Gasteiger partial charge in [-0.25, -0.2) is 4.79 Å². The van der Waals surface area contributed by atoms with Crippen LogP contribution in [0.25, 0.3) is 0 Å². The minimum absolute atomic E-state index is 0. The van der Waals surface area contributed by atoms with Crippen LogP contribution in [0.5, 0.6) is 0 Å². The fourth-order valence-corrected chi connectivity index (χ4v) is 4.84. The molecule has 1 N–H and O–H groups in total. The van der Waals surface area contributed by atoms with Crippen LogP contribution in [0.1, 0.15) is 123 Å². The maximum Gasteiger partial charge on any atom is 0.364 e. The van der Waals surface area contributed by atoms with Crippen LogP contribution in [0.4, 0.5) is 0 Å². The average Bonchev–Trinajstić information content (AvgIpc) is 2.85. The zero-order valence-corrected chi connectivity index (χ0v) is 27.3. The first-order valence-corrected chi connectivity index (χ1v) is 15.1. The number of aliphatic hydroxyl groups is 1. The Balaban J connectivity index is 0. The lowest BCUT2D eigenvalue weighted by Crippen LogP contribution is -3.00. The summed E-state index contributed by atoms with van der Waals surface area (Å²) in [5, 5.41) is 9.23. The molecule has 2 atom stereocenters. The molecule has 0 saturated heterocycles. The van der Waals surface area contributed by atoms with E-state index in [1.807, 2.05) is 21.0 Å². The number of ether oxygens (including phenoxy) is 3. The normalized spacial score (nSPS) is 13.2. The van der Waals surface area contributed by atoms with Gasteiger partial charge >= 0.3 is 5.97 Å². The SMILES string of the molecule is CCCCCCCCCCCCCCCCC(COCCCOC(=O)C(CC)[N+](C)(C)CCO)OC.[I-]. The van der Waals surface area contributed by atoms with E-state index in [9.17, 15) is 9.90 Å². The van der Waals surface area contributed by atoms with Crippen molar-refractivity contribution in [3.05, 3.63) is 0 Å². The summed E-state index contributed by atoms with van der Waals surface area (Å²) in [5.41, 5.74) is 0. The Morgan fingerprint density at radius 3 is 1.76 bits per heavy atom. The third-order valence-electron chi connectivity index (χ3n) is 7.37. The summed E-state index contributed by atoms with van der Waals surface area (Å²) in [6, 6.07) is -0.249. The maximum absolute atomic E-state index is 12.4. The Bertz CT molecular complexity index is 493. The number of carbonyl (C=O) groups is 1. The van der Waals surface area contributed by atoms with Gasteiger partial charge in [0.15, 0.2) is 6.04 Å². The minimum Gasteiger partial charge on any atom is -1.00 e. The number of methoxy groups -OCH3 is 1. The van der Waals surface area contributed by atoms with Crippen molar-refractivity contribution in [1.82, 2.24) is 0 Å². The van der Waals surface area contributed by atoms with E-state index in [4.69, 9.17) is 14.2 Å². The highest BCUT2D eigenvalue weighted by Crippen LogP contribution is 2.15. The van der Waals surface area contributed by atoms with Crippen LogP contribution in [-0.4, -0.2) is 81.9 Å². The first-order chi connectivity index (χ1) is 17.4. The number of carbonyl (C=O) groups excluding carboxylic acids is 1. The number of quaternary nitrogens is 1. The molecule has 0 aliphatic heterocycles. The predicted octanol–water partition coefficient (Wildman–Crippen LogP) is 3.67. The van der Waals surface area contributed by atoms with Crippen molar-refractivity contribution in [2.24, 2.45) is 0 Å². The highest BCUT2D eigenvalue weighted by atomic mass is 127. The molecule has 0 aromatic rings. The maximum atomic E-state index is 12.4. The zero-order valence-electron chi connectivity index (χ0n) is 25.1. The summed E-state index contributed by atoms with van der Waals surface area (Å²) < 4.78 is 17.3. The van der Waals surface area contributed by atoms with E-state index in [1.54, 1.807) is 7.11 Å². The monoisotopic (exact) mass is 643 g/mol. The van der Waals surface area contributed by atoms with Crippen molar-refractivity contribution in [3.63, 3.8) is 0 Å². The van der Waals surface area contributed by atoms with Gasteiger partial charge in [0.1, 0.15) is 6.54 Å². The molecule has 37 heavy (non-hydrogen) atoms. The number of rotatable bonds is 27. The molecule has 0 saturated carbocycles. The molecule has 224 valence electrons. The number of nitrogens with zero attached hydrogens (tertiary/aromatic N) is 1. The van der Waals surface area contributed by atoms with Crippen molar-refractivity contribution in [1.29, 1.82) is 0 Å². The number of esters is 1. The van der Waals surface area contributed by atoms with Crippen molar-refractivity contribution in [3.8, 4) is 0 Å². The van der Waals surface area contributed by atoms with Crippen LogP contribution in [0.3, 0.4) is 0 Å². The molecule has 0 heterocycles. The molecule has 2 unspecified atom stereocenters. The Morgan fingerprint density at radius 1 is 0.784 bits per heavy atom. The van der Waals surface area contributed by atoms with Crippen LogP contribution < -0.4 is 24.0 Å². The quantitative estimate of drug-likeness (QED) is 0.0641. The van der Waals surface area contributed by atoms with Gasteiger partial charge in [-0.1, -0.05) is 104 Å². The molecule has 0 bridgehead atoms. The summed E-state index contributed by atoms with van der Waals surface area (Å²) in [6.45, 7) is 6.39. The van der Waals surface area contributed by atoms with Gasteiger partial charge in [-0.15, -0.1) is 0 Å². The molecule has 7 heteroatoms. The largest absolute Gasteiger partial charge is 1.00 e. The molecule has 6 nitrogen and oxygen atoms in total. The van der Waals surface area contributed by atoms with Gasteiger partial charge in [0.2, 0.25) is 0 Å². The Morgan fingerprint density at radius 2 is 1.30 bits per heavy atom. The number of hydrogen-bond acceptors (Lipinski definition) is 5. The van der Waals surface area contributed by atoms with E-state index >= 15 is 0 Å². The van der Waals surface area contributed by atoms with E-state index in [0.717, 1.165) is 6.42 Å². The topological polar surface area (TPSA) is 65.0 Å². The van der Waals surface area contributed by atoms with Gasteiger partial charge in [-0.05, 0) is 6.42 Å². The lowest BCUT2D eigenvalue weighted by molar-refractivity contribution is -0.907. The third-order valence-corrected chi connectivity index (χ3v) is 7.37. The van der Waals surface area contributed by atoms with E-state index in [2.05, 4.69) is 6.92 Å². The van der Waals surface area contributed by atoms with Crippen LogP contribution in [-0.2, 0) is 19.0 Å². The summed E-state index contributed by atoms with van der Waals surface area (Å²) in [6.07, 6.45) is 21.8. The first kappa shape index (κ1) is 39.2. The number of hydrogen-bond donors (Lipinski definition) is 1. The summed E-state index contributed by atoms with van der Waals surface area (Å²) in [7, 11) is 5.67. The Hall–Kier alpha value is 0.0400. The molecule has 0 radical (unpaired) electrons. The molecule has 0 amide bonds. The predicted molar refractivity (Wildman–Crippen MR) is 150 cm³/mol. The van der Waals surface area contributed by atoms with E-state index in [0.29, 0.717) is 43.7 Å². The van der Waals surface area contributed by atoms with Crippen LogP contribution in [0, 0.1) is 0 Å². The van der Waals surface area contributed by atoms with Gasteiger partial charge in [0.25, 0.3) is 0 Å². The highest BCUT2D eigenvalue weighted by molar-refractivity contribution is 5.74. The fourth-order valence-electron chi connectivity index (χ4n) is 4.84. The van der Waals surface area contributed by atoms with Gasteiger partial charge in [0.05, 0.1) is 40.0 Å². The van der Waals surface area contributed by atoms with Crippen molar-refractivity contribution >= 4 is 5.97 Å². The van der Waals surface area contributed by atoms with Crippen molar-refractivity contribution < 1.29 is 52.6 Å². The minimum atomic E-state index is -0.249. The second-order valence-corrected chi connectivity index (χ2v) is 11.0. The van der Waals surface area contributed by atoms with Crippen LogP contribution in [0.2, 0.25) is 0 Å². The lowest BCUT2D eigenvalue weighted by atomic mass is 10.0. The lowest BCUT2D eigenvalue weighted by Gasteiger charge is -2.35. The standard InChI is InChI=1S/C30H62NO5.HI/c1-6-8-9-10-11-12-13-14-15-16-17-18-19-20-22-28(34-5)27-35-25-21-26-36-30(33)29(7-2)31(3,4)23-24-32;/h28-29,32H,6-27H2,1-5H3;1H/q+1;/p-1. The molecule has 0 aliphatic carbocycles. The fraction of sp³-hybridized carbons (Fsp3) is 0.967. The molecule has 0 fully saturated rings. The van der Waals surface area contributed by atoms with E-state index in [1.165, 1.54) is 89.9 Å². The Labute approximate surface area is 247 Å². The number of likely N-dealkylation sites (N-methyl/N-ethyl adjacent to an activating group) is 1. The van der Waals surface area contributed by atoms with Gasteiger partial charge in [-0.2, -0.15) is 0 Å². The average molecular weight is 644 g/mol. The molecule has 0 aromatic heterocycles. The van der Waals surface area contributed by atoms with Crippen LogP contribution >= 0.6 is 0 Å². The summed E-state index contributed by atoms with van der Waals surface area (Å²) in [5.74, 6) is -0.191. The Kier molecular flexibility index (Phi) is 29.2. The molecule has 0 aliphatic rings. The second kappa shape index (κ2) is 27.6. The zero-order chi connectivity index (χ0) is 26.9. The van der Waals surface area contributed by atoms with Gasteiger partial charge in [-0.3, -0.25) is 0 Å². The van der Waals surface area contributed by atoms with E-state index in [-0.39, 0.29) is 48.7 Å². The molecule has 0 aromatic carbocycles. The highest BCUT2D eigenvalue weighted by Gasteiger charge is 2.34. The first-order valence-electron chi connectivity index (χ1n) is 15.1. The smallest absolute Gasteiger partial charge is 0.364 e. The number of halogens is 1. The van der Waals surface area contributed by atoms with E-state index < -0.39 is 0 Å². The van der Waals surface area contributed by atoms with Crippen molar-refractivity contribution in [2.45, 2.75) is 135 Å². The molecule has 0 rings (SSSR count). The second-order valence-electron chi connectivity index (χ2n) is 11.0. The van der Waals surface area contributed by atoms with Gasteiger partial charge < -0.3 is 47.8 Å². The van der Waals surface area contributed by atoms with Gasteiger partial charge in [0, 0.05) is 26.6 Å².